The number of benzene rings is 1. The van der Waals surface area contributed by atoms with Gasteiger partial charge in [-0.3, -0.25) is 9.59 Å². The van der Waals surface area contributed by atoms with Gasteiger partial charge >= 0.3 is 11.8 Å². The molecule has 1 fully saturated rings. The number of hydrogen-bond donors (Lipinski definition) is 2. The molecule has 0 aromatic heterocycles. The Morgan fingerprint density at radius 2 is 2.04 bits per heavy atom. The van der Waals surface area contributed by atoms with Gasteiger partial charge in [-0.15, -0.1) is 0 Å². The first-order chi connectivity index (χ1) is 10.9. The Labute approximate surface area is 141 Å². The van der Waals surface area contributed by atoms with Crippen LogP contribution in [0.3, 0.4) is 0 Å². The first-order valence-electron chi connectivity index (χ1n) is 7.89. The van der Waals surface area contributed by atoms with E-state index in [0.717, 1.165) is 31.2 Å². The van der Waals surface area contributed by atoms with Crippen molar-refractivity contribution >= 4 is 29.1 Å². The largest absolute Gasteiger partial charge is 0.393 e. The van der Waals surface area contributed by atoms with Crippen molar-refractivity contribution in [2.45, 2.75) is 38.7 Å². The summed E-state index contributed by atoms with van der Waals surface area (Å²) < 4.78 is 0. The van der Waals surface area contributed by atoms with Crippen molar-refractivity contribution in [1.29, 1.82) is 0 Å². The van der Waals surface area contributed by atoms with Gasteiger partial charge in [-0.2, -0.15) is 0 Å². The lowest BCUT2D eigenvalue weighted by atomic mass is 9.86. The van der Waals surface area contributed by atoms with Crippen LogP contribution in [0.25, 0.3) is 0 Å². The highest BCUT2D eigenvalue weighted by Crippen LogP contribution is 2.26. The van der Waals surface area contributed by atoms with Gasteiger partial charge in [0.05, 0.1) is 16.8 Å². The van der Waals surface area contributed by atoms with Gasteiger partial charge in [0.25, 0.3) is 0 Å². The Morgan fingerprint density at radius 1 is 1.35 bits per heavy atom. The van der Waals surface area contributed by atoms with E-state index in [1.54, 1.807) is 19.2 Å². The molecule has 0 radical (unpaired) electrons. The highest BCUT2D eigenvalue weighted by molar-refractivity contribution is 6.41. The normalized spacial score (nSPS) is 20.9. The minimum Gasteiger partial charge on any atom is -0.393 e. The maximum absolute atomic E-state index is 12.2. The molecule has 0 saturated heterocycles. The third-order valence-corrected chi connectivity index (χ3v) is 4.86. The van der Waals surface area contributed by atoms with Crippen LogP contribution in [0.2, 0.25) is 5.02 Å². The molecule has 2 rings (SSSR count). The van der Waals surface area contributed by atoms with Crippen molar-refractivity contribution in [3.63, 3.8) is 0 Å². The Morgan fingerprint density at radius 3 is 2.74 bits per heavy atom. The van der Waals surface area contributed by atoms with Gasteiger partial charge in [0.1, 0.15) is 0 Å². The van der Waals surface area contributed by atoms with E-state index in [2.05, 4.69) is 5.32 Å². The van der Waals surface area contributed by atoms with E-state index >= 15 is 0 Å². The number of aryl methyl sites for hydroxylation is 1. The molecule has 2 atom stereocenters. The van der Waals surface area contributed by atoms with Crippen LogP contribution >= 0.6 is 11.6 Å². The van der Waals surface area contributed by atoms with E-state index in [0.29, 0.717) is 17.3 Å². The predicted octanol–water partition coefficient (Wildman–Crippen LogP) is 2.60. The third kappa shape index (κ3) is 4.45. The molecule has 0 aliphatic heterocycles. The van der Waals surface area contributed by atoms with Crippen LogP contribution in [-0.4, -0.2) is 41.5 Å². The molecule has 1 aromatic carbocycles. The molecular weight excluding hydrogens is 316 g/mol. The molecule has 0 heterocycles. The lowest BCUT2D eigenvalue weighted by Crippen LogP contribution is -2.42. The minimum atomic E-state index is -0.717. The van der Waals surface area contributed by atoms with Crippen LogP contribution in [0.5, 0.6) is 0 Å². The lowest BCUT2D eigenvalue weighted by molar-refractivity contribution is -0.143. The summed E-state index contributed by atoms with van der Waals surface area (Å²) in [5, 5.41) is 13.0. The monoisotopic (exact) mass is 338 g/mol. The zero-order valence-corrected chi connectivity index (χ0v) is 14.3. The molecule has 1 saturated carbocycles. The average molecular weight is 339 g/mol. The molecule has 2 unspecified atom stereocenters. The summed E-state index contributed by atoms with van der Waals surface area (Å²) in [6, 6.07) is 5.26. The van der Waals surface area contributed by atoms with Gasteiger partial charge < -0.3 is 15.3 Å². The number of nitrogens with zero attached hydrogens (tertiary/aromatic N) is 1. The molecule has 126 valence electrons. The maximum atomic E-state index is 12.2. The van der Waals surface area contributed by atoms with E-state index < -0.39 is 17.9 Å². The molecule has 0 bridgehead atoms. The number of halogens is 1. The number of aliphatic hydroxyl groups excluding tert-OH is 1. The predicted molar refractivity (Wildman–Crippen MR) is 90.4 cm³/mol. The van der Waals surface area contributed by atoms with Gasteiger partial charge in [-0.25, -0.2) is 0 Å². The minimum absolute atomic E-state index is 0.0352. The second-order valence-corrected chi connectivity index (χ2v) is 6.57. The van der Waals surface area contributed by atoms with Gasteiger partial charge in [0.15, 0.2) is 0 Å². The smallest absolute Gasteiger partial charge is 0.313 e. The summed E-state index contributed by atoms with van der Waals surface area (Å²) in [6.45, 7) is 2.21. The highest BCUT2D eigenvalue weighted by Gasteiger charge is 2.28. The van der Waals surface area contributed by atoms with Crippen LogP contribution in [0.4, 0.5) is 5.69 Å². The van der Waals surface area contributed by atoms with Crippen LogP contribution in [-0.2, 0) is 9.59 Å². The van der Waals surface area contributed by atoms with Crippen molar-refractivity contribution in [3.05, 3.63) is 28.8 Å². The van der Waals surface area contributed by atoms with E-state index in [-0.39, 0.29) is 5.92 Å². The zero-order chi connectivity index (χ0) is 17.0. The van der Waals surface area contributed by atoms with Crippen molar-refractivity contribution in [2.24, 2.45) is 5.92 Å². The van der Waals surface area contributed by atoms with Crippen molar-refractivity contribution < 1.29 is 14.7 Å². The average Bonchev–Trinajstić information content (AvgIpc) is 2.53. The third-order valence-electron chi connectivity index (χ3n) is 4.36. The fourth-order valence-electron chi connectivity index (χ4n) is 2.93. The number of carbonyl (C=O) groups excluding carboxylic acids is 2. The molecule has 1 aliphatic carbocycles. The van der Waals surface area contributed by atoms with Crippen LogP contribution in [0, 0.1) is 12.8 Å². The molecule has 2 amide bonds. The number of nitrogens with one attached hydrogen (secondary N) is 1. The standard InChI is InChI=1S/C17H23ClN2O3/c1-11-6-5-8-13(15(11)18)19-16(22)17(23)20(2)10-12-7-3-4-9-14(12)21/h5-6,8,12,14,21H,3-4,7,9-10H2,1-2H3,(H,19,22). The summed E-state index contributed by atoms with van der Waals surface area (Å²) in [4.78, 5) is 25.7. The highest BCUT2D eigenvalue weighted by atomic mass is 35.5. The number of amides is 2. The molecule has 6 heteroatoms. The van der Waals surface area contributed by atoms with Crippen LogP contribution in [0.15, 0.2) is 18.2 Å². The van der Waals surface area contributed by atoms with Gasteiger partial charge in [-0.1, -0.05) is 36.6 Å². The Balaban J connectivity index is 1.96. The fraction of sp³-hybridized carbons (Fsp3) is 0.529. The molecule has 5 nitrogen and oxygen atoms in total. The van der Waals surface area contributed by atoms with E-state index in [4.69, 9.17) is 11.6 Å². The Bertz CT molecular complexity index is 591. The summed E-state index contributed by atoms with van der Waals surface area (Å²) in [5.41, 5.74) is 1.26. The van der Waals surface area contributed by atoms with Crippen LogP contribution in [0.1, 0.15) is 31.2 Å². The quantitative estimate of drug-likeness (QED) is 0.832. The van der Waals surface area contributed by atoms with Crippen molar-refractivity contribution in [3.8, 4) is 0 Å². The number of carbonyl (C=O) groups is 2. The number of anilines is 1. The maximum Gasteiger partial charge on any atom is 0.313 e. The molecule has 1 aromatic rings. The number of rotatable bonds is 3. The van der Waals surface area contributed by atoms with Crippen molar-refractivity contribution in [2.75, 3.05) is 18.9 Å². The van der Waals surface area contributed by atoms with Crippen LogP contribution < -0.4 is 5.32 Å². The number of aliphatic hydroxyl groups is 1. The van der Waals surface area contributed by atoms with Gasteiger partial charge in [0.2, 0.25) is 0 Å². The topological polar surface area (TPSA) is 69.6 Å². The molecule has 2 N–H and O–H groups in total. The SMILES string of the molecule is Cc1cccc(NC(=O)C(=O)N(C)CC2CCCCC2O)c1Cl. The Kier molecular flexibility index (Phi) is 6.02. The first kappa shape index (κ1) is 17.8. The molecule has 1 aliphatic rings. The summed E-state index contributed by atoms with van der Waals surface area (Å²) in [5.74, 6) is -1.31. The summed E-state index contributed by atoms with van der Waals surface area (Å²) in [6.07, 6.45) is 3.31. The number of likely N-dealkylation sites (N-methyl/N-ethyl adjacent to an activating group) is 1. The molecular formula is C17H23ClN2O3. The fourth-order valence-corrected chi connectivity index (χ4v) is 3.10. The van der Waals surface area contributed by atoms with Crippen molar-refractivity contribution in [1.82, 2.24) is 4.90 Å². The zero-order valence-electron chi connectivity index (χ0n) is 13.5. The number of hydrogen-bond acceptors (Lipinski definition) is 3. The second kappa shape index (κ2) is 7.79. The second-order valence-electron chi connectivity index (χ2n) is 6.19. The van der Waals surface area contributed by atoms with E-state index in [1.807, 2.05) is 13.0 Å². The van der Waals surface area contributed by atoms with E-state index in [1.165, 1.54) is 4.90 Å². The lowest BCUT2D eigenvalue weighted by Gasteiger charge is -2.30. The molecule has 23 heavy (non-hydrogen) atoms. The Hall–Kier alpha value is -1.59. The molecule has 0 spiro atoms. The van der Waals surface area contributed by atoms with E-state index in [9.17, 15) is 14.7 Å². The summed E-state index contributed by atoms with van der Waals surface area (Å²) in [7, 11) is 1.58. The van der Waals surface area contributed by atoms with Gasteiger partial charge in [-0.05, 0) is 31.4 Å². The summed E-state index contributed by atoms with van der Waals surface area (Å²) >= 11 is 6.12. The first-order valence-corrected chi connectivity index (χ1v) is 8.27. The van der Waals surface area contributed by atoms with Gasteiger partial charge in [0, 0.05) is 19.5 Å².